The summed E-state index contributed by atoms with van der Waals surface area (Å²) in [6.45, 7) is 0.549. The largest absolute Gasteiger partial charge is 0.388 e. The Labute approximate surface area is 107 Å². The molecule has 0 aromatic carbocycles. The predicted octanol–water partition coefficient (Wildman–Crippen LogP) is 1.65. The second-order valence-electron chi connectivity index (χ2n) is 5.60. The Morgan fingerprint density at radius 3 is 2.72 bits per heavy atom. The average molecular weight is 248 g/mol. The minimum Gasteiger partial charge on any atom is -0.388 e. The maximum atomic E-state index is 10.3. The summed E-state index contributed by atoms with van der Waals surface area (Å²) in [6, 6.07) is 1.74. The van der Waals surface area contributed by atoms with Gasteiger partial charge in [-0.3, -0.25) is 0 Å². The Morgan fingerprint density at radius 2 is 2.06 bits per heavy atom. The molecule has 4 N–H and O–H groups in total. The van der Waals surface area contributed by atoms with Crippen LogP contribution >= 0.6 is 0 Å². The topological polar surface area (TPSA) is 84.1 Å². The zero-order valence-corrected chi connectivity index (χ0v) is 10.5. The Morgan fingerprint density at radius 1 is 1.33 bits per heavy atom. The van der Waals surface area contributed by atoms with Gasteiger partial charge in [0.05, 0.1) is 5.60 Å². The molecule has 18 heavy (non-hydrogen) atoms. The number of nitrogen functional groups attached to an aromatic ring is 1. The highest BCUT2D eigenvalue weighted by molar-refractivity contribution is 5.45. The normalized spacial score (nSPS) is 22.1. The predicted molar refractivity (Wildman–Crippen MR) is 70.3 cm³/mol. The molecule has 2 aliphatic rings. The molecule has 2 fully saturated rings. The summed E-state index contributed by atoms with van der Waals surface area (Å²) in [7, 11) is 0. The molecular weight excluding hydrogens is 228 g/mol. The van der Waals surface area contributed by atoms with E-state index in [1.165, 1.54) is 0 Å². The molecular formula is C13H20N4O. The van der Waals surface area contributed by atoms with E-state index >= 15 is 0 Å². The molecule has 0 unspecified atom stereocenters. The molecule has 2 saturated carbocycles. The number of anilines is 2. The van der Waals surface area contributed by atoms with Crippen LogP contribution in [-0.2, 0) is 0 Å². The maximum Gasteiger partial charge on any atom is 0.136 e. The van der Waals surface area contributed by atoms with Crippen LogP contribution in [0.2, 0.25) is 0 Å². The molecule has 0 aliphatic heterocycles. The fourth-order valence-corrected chi connectivity index (χ4v) is 2.56. The van der Waals surface area contributed by atoms with Crippen LogP contribution in [0.1, 0.15) is 50.3 Å². The van der Waals surface area contributed by atoms with Crippen LogP contribution in [0.25, 0.3) is 0 Å². The first-order chi connectivity index (χ1) is 8.65. The van der Waals surface area contributed by atoms with Gasteiger partial charge >= 0.3 is 0 Å². The highest BCUT2D eigenvalue weighted by atomic mass is 16.3. The zero-order chi connectivity index (χ0) is 12.6. The van der Waals surface area contributed by atoms with Gasteiger partial charge in [-0.2, -0.15) is 0 Å². The van der Waals surface area contributed by atoms with E-state index in [-0.39, 0.29) is 0 Å². The maximum absolute atomic E-state index is 10.3. The summed E-state index contributed by atoms with van der Waals surface area (Å²) in [6.07, 6.45) is 6.28. The van der Waals surface area contributed by atoms with Crippen LogP contribution in [0.5, 0.6) is 0 Å². The molecule has 0 saturated heterocycles. The quantitative estimate of drug-likeness (QED) is 0.754. The van der Waals surface area contributed by atoms with Gasteiger partial charge in [0.2, 0.25) is 0 Å². The Balaban J connectivity index is 1.68. The number of hydrogen-bond donors (Lipinski definition) is 3. The summed E-state index contributed by atoms with van der Waals surface area (Å²) in [5, 5.41) is 13.5. The first-order valence-electron chi connectivity index (χ1n) is 6.75. The lowest BCUT2D eigenvalue weighted by Crippen LogP contribution is -2.33. The van der Waals surface area contributed by atoms with Crippen LogP contribution in [0.15, 0.2) is 6.07 Å². The van der Waals surface area contributed by atoms with Gasteiger partial charge in [0.15, 0.2) is 0 Å². The average Bonchev–Trinajstić information content (AvgIpc) is 3.10. The van der Waals surface area contributed by atoms with E-state index in [4.69, 9.17) is 5.73 Å². The Hall–Kier alpha value is -1.36. The summed E-state index contributed by atoms with van der Waals surface area (Å²) >= 11 is 0. The van der Waals surface area contributed by atoms with Crippen molar-refractivity contribution in [2.45, 2.75) is 50.0 Å². The fourth-order valence-electron chi connectivity index (χ4n) is 2.56. The molecule has 1 heterocycles. The van der Waals surface area contributed by atoms with Crippen LogP contribution in [-0.4, -0.2) is 27.2 Å². The van der Waals surface area contributed by atoms with E-state index in [2.05, 4.69) is 15.3 Å². The van der Waals surface area contributed by atoms with Gasteiger partial charge in [-0.15, -0.1) is 0 Å². The zero-order valence-electron chi connectivity index (χ0n) is 10.5. The molecule has 0 bridgehead atoms. The van der Waals surface area contributed by atoms with Gasteiger partial charge in [0, 0.05) is 18.5 Å². The van der Waals surface area contributed by atoms with Crippen molar-refractivity contribution < 1.29 is 5.11 Å². The van der Waals surface area contributed by atoms with E-state index < -0.39 is 5.60 Å². The molecule has 0 radical (unpaired) electrons. The number of rotatable bonds is 4. The lowest BCUT2D eigenvalue weighted by Gasteiger charge is -2.22. The molecule has 98 valence electrons. The summed E-state index contributed by atoms with van der Waals surface area (Å²) in [5.41, 5.74) is 5.22. The monoisotopic (exact) mass is 248 g/mol. The molecule has 0 atom stereocenters. The third-order valence-electron chi connectivity index (χ3n) is 3.84. The summed E-state index contributed by atoms with van der Waals surface area (Å²) in [5.74, 6) is 2.58. The van der Waals surface area contributed by atoms with Gasteiger partial charge in [-0.1, -0.05) is 12.8 Å². The minimum absolute atomic E-state index is 0.489. The van der Waals surface area contributed by atoms with E-state index in [9.17, 15) is 5.11 Å². The smallest absolute Gasteiger partial charge is 0.136 e. The summed E-state index contributed by atoms with van der Waals surface area (Å²) in [4.78, 5) is 8.73. The van der Waals surface area contributed by atoms with E-state index in [1.54, 1.807) is 6.07 Å². The van der Waals surface area contributed by atoms with Crippen molar-refractivity contribution in [3.05, 3.63) is 11.9 Å². The highest BCUT2D eigenvalue weighted by Gasteiger charge is 2.31. The van der Waals surface area contributed by atoms with Gasteiger partial charge < -0.3 is 16.2 Å². The second kappa shape index (κ2) is 4.39. The lowest BCUT2D eigenvalue weighted by molar-refractivity contribution is 0.0614. The first-order valence-corrected chi connectivity index (χ1v) is 6.75. The molecule has 1 aromatic heterocycles. The van der Waals surface area contributed by atoms with Gasteiger partial charge in [0.25, 0.3) is 0 Å². The van der Waals surface area contributed by atoms with Crippen molar-refractivity contribution in [3.63, 3.8) is 0 Å². The molecule has 0 spiro atoms. The molecule has 2 aliphatic carbocycles. The van der Waals surface area contributed by atoms with Gasteiger partial charge in [0.1, 0.15) is 17.5 Å². The molecule has 5 nitrogen and oxygen atoms in total. The lowest BCUT2D eigenvalue weighted by atomic mass is 10.0. The number of nitrogens with zero attached hydrogens (tertiary/aromatic N) is 2. The van der Waals surface area contributed by atoms with E-state index in [0.29, 0.717) is 18.3 Å². The molecule has 1 aromatic rings. The number of hydrogen-bond acceptors (Lipinski definition) is 5. The van der Waals surface area contributed by atoms with Crippen LogP contribution in [0.3, 0.4) is 0 Å². The molecule has 3 rings (SSSR count). The minimum atomic E-state index is -0.570. The number of nitrogens with one attached hydrogen (secondary N) is 1. The molecule has 0 amide bonds. The third-order valence-corrected chi connectivity index (χ3v) is 3.84. The Bertz CT molecular complexity index is 439. The fraction of sp³-hybridized carbons (Fsp3) is 0.692. The van der Waals surface area contributed by atoms with Crippen LogP contribution < -0.4 is 11.1 Å². The number of aliphatic hydroxyl groups is 1. The summed E-state index contributed by atoms with van der Waals surface area (Å²) < 4.78 is 0. The number of aromatic nitrogens is 2. The van der Waals surface area contributed by atoms with Crippen molar-refractivity contribution in [1.29, 1.82) is 0 Å². The standard InChI is InChI=1S/C13H20N4O/c14-10-7-11(17-12(16-10)9-3-4-9)15-8-13(18)5-1-2-6-13/h7,9,18H,1-6,8H2,(H3,14,15,16,17). The highest BCUT2D eigenvalue weighted by Crippen LogP contribution is 2.38. The van der Waals surface area contributed by atoms with Crippen LogP contribution in [0, 0.1) is 0 Å². The van der Waals surface area contributed by atoms with E-state index in [1.807, 2.05) is 0 Å². The Kier molecular flexibility index (Phi) is 2.86. The van der Waals surface area contributed by atoms with Crippen molar-refractivity contribution in [2.24, 2.45) is 0 Å². The van der Waals surface area contributed by atoms with Gasteiger partial charge in [-0.05, 0) is 25.7 Å². The molecule has 5 heteroatoms. The van der Waals surface area contributed by atoms with Crippen LogP contribution in [0.4, 0.5) is 11.6 Å². The van der Waals surface area contributed by atoms with Crippen molar-refractivity contribution in [2.75, 3.05) is 17.6 Å². The van der Waals surface area contributed by atoms with E-state index in [0.717, 1.165) is 50.2 Å². The third kappa shape index (κ3) is 2.56. The van der Waals surface area contributed by atoms with Crippen molar-refractivity contribution >= 4 is 11.6 Å². The van der Waals surface area contributed by atoms with Crippen molar-refractivity contribution in [3.8, 4) is 0 Å². The van der Waals surface area contributed by atoms with Gasteiger partial charge in [-0.25, -0.2) is 9.97 Å². The first kappa shape index (κ1) is 11.7. The SMILES string of the molecule is Nc1cc(NCC2(O)CCCC2)nc(C2CC2)n1. The number of nitrogens with two attached hydrogens (primary N) is 1. The van der Waals surface area contributed by atoms with Crippen molar-refractivity contribution in [1.82, 2.24) is 9.97 Å². The second-order valence-corrected chi connectivity index (χ2v) is 5.60.